The number of thiocarbonyl (C=S) groups is 1. The van der Waals surface area contributed by atoms with Crippen LogP contribution >= 0.6 is 24.0 Å². The molecule has 0 saturated heterocycles. The third kappa shape index (κ3) is 5.28. The number of pyridine rings is 1. The van der Waals surface area contributed by atoms with E-state index in [-0.39, 0.29) is 10.6 Å². The number of hydrogen-bond acceptors (Lipinski definition) is 8. The lowest BCUT2D eigenvalue weighted by atomic mass is 10.2. The molecule has 28 heavy (non-hydrogen) atoms. The number of benzene rings is 1. The van der Waals surface area contributed by atoms with E-state index in [9.17, 15) is 5.26 Å². The number of anilines is 1. The van der Waals surface area contributed by atoms with Gasteiger partial charge in [-0.15, -0.1) is 11.8 Å². The van der Waals surface area contributed by atoms with Crippen LogP contribution in [0.2, 0.25) is 0 Å². The summed E-state index contributed by atoms with van der Waals surface area (Å²) in [7, 11) is 4.70. The minimum atomic E-state index is 0.190. The standard InChI is InChI=1S/C19H20N4O3S2/c1-24-13-7-16(25-2)15(17(8-13)26-3)11-28-18(21)14(9-20)19(27)23-12-5-4-6-22-10-12/h4-8,10H,11,21H2,1-3H3,(H,23,27). The second-order valence-corrected chi connectivity index (χ2v) is 6.77. The van der Waals surface area contributed by atoms with E-state index in [1.54, 1.807) is 58.0 Å². The van der Waals surface area contributed by atoms with Crippen LogP contribution in [0, 0.1) is 11.3 Å². The van der Waals surface area contributed by atoms with Gasteiger partial charge in [-0.05, 0) is 12.1 Å². The number of rotatable bonds is 8. The van der Waals surface area contributed by atoms with E-state index in [0.717, 1.165) is 5.56 Å². The Bertz CT molecular complexity index is 886. The number of ether oxygens (including phenoxy) is 3. The molecule has 0 bridgehead atoms. The van der Waals surface area contributed by atoms with E-state index in [2.05, 4.69) is 16.4 Å². The fourth-order valence-electron chi connectivity index (χ4n) is 2.29. The summed E-state index contributed by atoms with van der Waals surface area (Å²) in [5, 5.41) is 12.8. The first-order valence-electron chi connectivity index (χ1n) is 8.06. The van der Waals surface area contributed by atoms with Crippen LogP contribution in [0.25, 0.3) is 0 Å². The molecule has 0 radical (unpaired) electrons. The van der Waals surface area contributed by atoms with Crippen LogP contribution in [-0.4, -0.2) is 31.3 Å². The number of nitrogens with zero attached hydrogens (tertiary/aromatic N) is 2. The van der Waals surface area contributed by atoms with Gasteiger partial charge in [0.1, 0.15) is 33.9 Å². The van der Waals surface area contributed by atoms with Crippen LogP contribution in [-0.2, 0) is 5.75 Å². The highest BCUT2D eigenvalue weighted by Crippen LogP contribution is 2.37. The number of nitrogens with one attached hydrogen (secondary N) is 1. The molecule has 0 aliphatic carbocycles. The van der Waals surface area contributed by atoms with E-state index >= 15 is 0 Å². The molecule has 0 fully saturated rings. The van der Waals surface area contributed by atoms with Crippen molar-refractivity contribution in [3.63, 3.8) is 0 Å². The van der Waals surface area contributed by atoms with Crippen LogP contribution in [0.5, 0.6) is 17.2 Å². The van der Waals surface area contributed by atoms with Gasteiger partial charge >= 0.3 is 0 Å². The molecule has 0 unspecified atom stereocenters. The van der Waals surface area contributed by atoms with Crippen LogP contribution in [0.15, 0.2) is 47.3 Å². The zero-order valence-corrected chi connectivity index (χ0v) is 17.3. The number of nitriles is 1. The molecule has 0 atom stereocenters. The smallest absolute Gasteiger partial charge is 0.130 e. The van der Waals surface area contributed by atoms with Crippen molar-refractivity contribution in [2.24, 2.45) is 5.73 Å². The second-order valence-electron chi connectivity index (χ2n) is 5.35. The number of nitrogens with two attached hydrogens (primary N) is 1. The summed E-state index contributed by atoms with van der Waals surface area (Å²) in [6.07, 6.45) is 3.26. The lowest BCUT2D eigenvalue weighted by Gasteiger charge is -2.15. The SMILES string of the molecule is COc1cc(OC)c(CSC(N)=C(C#N)C(=S)Nc2cccnc2)c(OC)c1. The number of thioether (sulfide) groups is 1. The molecule has 146 valence electrons. The summed E-state index contributed by atoms with van der Waals surface area (Å²) < 4.78 is 16.1. The molecule has 9 heteroatoms. The maximum atomic E-state index is 9.50. The first kappa shape index (κ1) is 21.3. The first-order chi connectivity index (χ1) is 13.5. The molecule has 0 amide bonds. The zero-order chi connectivity index (χ0) is 20.5. The van der Waals surface area contributed by atoms with Crippen molar-refractivity contribution in [1.29, 1.82) is 5.26 Å². The van der Waals surface area contributed by atoms with Gasteiger partial charge in [0.05, 0.1) is 38.2 Å². The van der Waals surface area contributed by atoms with Gasteiger partial charge in [0.2, 0.25) is 0 Å². The van der Waals surface area contributed by atoms with Crippen LogP contribution in [0.3, 0.4) is 0 Å². The Hall–Kier alpha value is -2.96. The first-order valence-corrected chi connectivity index (χ1v) is 9.46. The molecule has 0 spiro atoms. The Labute approximate surface area is 173 Å². The molecule has 1 aromatic heterocycles. The molecule has 1 heterocycles. The third-order valence-electron chi connectivity index (χ3n) is 3.69. The average molecular weight is 417 g/mol. The molecule has 0 aliphatic heterocycles. The van der Waals surface area contributed by atoms with Crippen LogP contribution < -0.4 is 25.3 Å². The highest BCUT2D eigenvalue weighted by Gasteiger charge is 2.16. The predicted octanol–water partition coefficient (Wildman–Crippen LogP) is 3.47. The van der Waals surface area contributed by atoms with Gasteiger partial charge in [0.25, 0.3) is 0 Å². The fourth-order valence-corrected chi connectivity index (χ4v) is 3.50. The van der Waals surface area contributed by atoms with Gasteiger partial charge in [-0.3, -0.25) is 4.98 Å². The van der Waals surface area contributed by atoms with Crippen LogP contribution in [0.1, 0.15) is 5.56 Å². The normalized spacial score (nSPS) is 11.1. The highest BCUT2D eigenvalue weighted by atomic mass is 32.2. The quantitative estimate of drug-likeness (QED) is 0.380. The van der Waals surface area contributed by atoms with E-state index in [0.29, 0.717) is 33.7 Å². The van der Waals surface area contributed by atoms with Gasteiger partial charge in [0, 0.05) is 29.6 Å². The van der Waals surface area contributed by atoms with Gasteiger partial charge in [-0.1, -0.05) is 12.2 Å². The fraction of sp³-hybridized carbons (Fsp3) is 0.211. The minimum absolute atomic E-state index is 0.190. The molecular formula is C19H20N4O3S2. The molecular weight excluding hydrogens is 396 g/mol. The molecule has 2 rings (SSSR count). The Morgan fingerprint density at radius 2 is 1.93 bits per heavy atom. The Balaban J connectivity index is 2.22. The van der Waals surface area contributed by atoms with Crippen molar-refractivity contribution in [3.05, 3.63) is 52.8 Å². The summed E-state index contributed by atoms with van der Waals surface area (Å²) in [5.41, 5.74) is 7.80. The summed E-state index contributed by atoms with van der Waals surface area (Å²) >= 11 is 6.58. The number of methoxy groups -OCH3 is 3. The molecule has 7 nitrogen and oxygen atoms in total. The maximum Gasteiger partial charge on any atom is 0.130 e. The van der Waals surface area contributed by atoms with E-state index in [1.807, 2.05) is 0 Å². The highest BCUT2D eigenvalue weighted by molar-refractivity contribution is 8.02. The van der Waals surface area contributed by atoms with Crippen molar-refractivity contribution in [2.45, 2.75) is 5.75 Å². The van der Waals surface area contributed by atoms with Crippen molar-refractivity contribution in [1.82, 2.24) is 4.98 Å². The van der Waals surface area contributed by atoms with Gasteiger partial charge in [-0.25, -0.2) is 0 Å². The summed E-state index contributed by atoms with van der Waals surface area (Å²) in [6.45, 7) is 0. The van der Waals surface area contributed by atoms with Crippen molar-refractivity contribution >= 4 is 34.7 Å². The predicted molar refractivity (Wildman–Crippen MR) is 115 cm³/mol. The third-order valence-corrected chi connectivity index (χ3v) is 4.95. The van der Waals surface area contributed by atoms with Crippen molar-refractivity contribution < 1.29 is 14.2 Å². The molecule has 0 saturated carbocycles. The van der Waals surface area contributed by atoms with E-state index in [4.69, 9.17) is 32.2 Å². The Morgan fingerprint density at radius 1 is 1.25 bits per heavy atom. The van der Waals surface area contributed by atoms with Crippen LogP contribution in [0.4, 0.5) is 5.69 Å². The van der Waals surface area contributed by atoms with Gasteiger partial charge in [0.15, 0.2) is 0 Å². The monoisotopic (exact) mass is 416 g/mol. The summed E-state index contributed by atoms with van der Waals surface area (Å²) in [4.78, 5) is 4.23. The molecule has 3 N–H and O–H groups in total. The summed E-state index contributed by atoms with van der Waals surface area (Å²) in [5.74, 6) is 2.24. The lowest BCUT2D eigenvalue weighted by molar-refractivity contribution is 0.371. The lowest BCUT2D eigenvalue weighted by Crippen LogP contribution is -2.15. The minimum Gasteiger partial charge on any atom is -0.496 e. The largest absolute Gasteiger partial charge is 0.496 e. The zero-order valence-electron chi connectivity index (χ0n) is 15.7. The second kappa shape index (κ2) is 10.4. The average Bonchev–Trinajstić information content (AvgIpc) is 2.72. The molecule has 0 aliphatic rings. The number of hydrogen-bond donors (Lipinski definition) is 2. The van der Waals surface area contributed by atoms with Gasteiger partial charge in [-0.2, -0.15) is 5.26 Å². The Morgan fingerprint density at radius 3 is 2.43 bits per heavy atom. The molecule has 2 aromatic rings. The topological polar surface area (TPSA) is 102 Å². The van der Waals surface area contributed by atoms with Crippen molar-refractivity contribution in [3.8, 4) is 23.3 Å². The van der Waals surface area contributed by atoms with Gasteiger partial charge < -0.3 is 25.3 Å². The summed E-state index contributed by atoms with van der Waals surface area (Å²) in [6, 6.07) is 9.15. The van der Waals surface area contributed by atoms with Crippen molar-refractivity contribution in [2.75, 3.05) is 26.6 Å². The van der Waals surface area contributed by atoms with E-state index in [1.165, 1.54) is 11.8 Å². The maximum absolute atomic E-state index is 9.50. The molecule has 1 aromatic carbocycles. The Kier molecular flexibility index (Phi) is 7.92. The number of aromatic nitrogens is 1. The van der Waals surface area contributed by atoms with E-state index < -0.39 is 0 Å².